The van der Waals surface area contributed by atoms with Gasteiger partial charge in [0, 0.05) is 24.2 Å². The van der Waals surface area contributed by atoms with Gasteiger partial charge in [0.15, 0.2) is 6.04 Å². The smallest absolute Gasteiger partial charge is 0.249 e. The third-order valence-electron chi connectivity index (χ3n) is 4.08. The number of hydrogen-bond acceptors (Lipinski definition) is 5. The first-order valence-corrected chi connectivity index (χ1v) is 8.65. The first-order valence-electron chi connectivity index (χ1n) is 8.28. The Bertz CT molecular complexity index is 716. The van der Waals surface area contributed by atoms with E-state index in [9.17, 15) is 4.79 Å². The molecule has 0 bridgehead atoms. The minimum atomic E-state index is -0.493. The third-order valence-corrected chi connectivity index (χ3v) is 4.33. The summed E-state index contributed by atoms with van der Waals surface area (Å²) in [7, 11) is 1.78. The molecule has 2 aromatic rings. The molecule has 2 rings (SSSR count). The summed E-state index contributed by atoms with van der Waals surface area (Å²) in [5, 5.41) is 13.2. The first kappa shape index (κ1) is 22.3. The average Bonchev–Trinajstić information content (AvgIpc) is 3.05. The lowest BCUT2D eigenvalue weighted by Gasteiger charge is -2.30. The largest absolute Gasteiger partial charge is 0.343 e. The van der Waals surface area contributed by atoms with E-state index in [1.165, 1.54) is 4.80 Å². The van der Waals surface area contributed by atoms with Crippen molar-refractivity contribution in [1.29, 1.82) is 0 Å². The molecule has 0 aliphatic heterocycles. The molecule has 0 saturated carbocycles. The van der Waals surface area contributed by atoms with Crippen molar-refractivity contribution < 1.29 is 4.79 Å². The number of rotatable bonds is 7. The van der Waals surface area contributed by atoms with Gasteiger partial charge in [-0.15, -0.1) is 22.6 Å². The fraction of sp³-hybridized carbons (Fsp3) is 0.529. The van der Waals surface area contributed by atoms with Gasteiger partial charge in [0.05, 0.1) is 0 Å². The molecule has 26 heavy (non-hydrogen) atoms. The highest BCUT2D eigenvalue weighted by atomic mass is 35.5. The highest BCUT2D eigenvalue weighted by Crippen LogP contribution is 2.21. The van der Waals surface area contributed by atoms with Crippen LogP contribution >= 0.6 is 24.0 Å². The van der Waals surface area contributed by atoms with Gasteiger partial charge in [0.1, 0.15) is 0 Å². The van der Waals surface area contributed by atoms with Crippen molar-refractivity contribution in [3.63, 3.8) is 0 Å². The van der Waals surface area contributed by atoms with Crippen molar-refractivity contribution in [2.45, 2.75) is 33.2 Å². The molecule has 1 atom stereocenters. The Hall–Kier alpha value is -1.70. The summed E-state index contributed by atoms with van der Waals surface area (Å²) in [5.74, 6) is 0.414. The normalized spacial score (nSPS) is 12.4. The highest BCUT2D eigenvalue weighted by molar-refractivity contribution is 6.30. The van der Waals surface area contributed by atoms with Crippen LogP contribution in [0.15, 0.2) is 24.3 Å². The molecule has 9 heteroatoms. The van der Waals surface area contributed by atoms with Gasteiger partial charge >= 0.3 is 0 Å². The van der Waals surface area contributed by atoms with Gasteiger partial charge < -0.3 is 10.6 Å². The molecule has 1 aromatic carbocycles. The molecule has 1 aromatic heterocycles. The number of aromatic nitrogens is 4. The van der Waals surface area contributed by atoms with Crippen LogP contribution in [0.2, 0.25) is 5.02 Å². The maximum Gasteiger partial charge on any atom is 0.249 e. The van der Waals surface area contributed by atoms with Gasteiger partial charge in [-0.2, -0.15) is 4.80 Å². The van der Waals surface area contributed by atoms with Gasteiger partial charge in [-0.1, -0.05) is 32.4 Å². The van der Waals surface area contributed by atoms with Crippen molar-refractivity contribution in [1.82, 2.24) is 25.1 Å². The second-order valence-electron chi connectivity index (χ2n) is 6.93. The summed E-state index contributed by atoms with van der Waals surface area (Å²) >= 11 is 5.90. The molecule has 7 nitrogen and oxygen atoms in total. The number of benzene rings is 1. The van der Waals surface area contributed by atoms with Crippen LogP contribution in [-0.2, 0) is 4.79 Å². The van der Waals surface area contributed by atoms with Gasteiger partial charge in [-0.25, -0.2) is 0 Å². The van der Waals surface area contributed by atoms with Crippen LogP contribution < -0.4 is 5.73 Å². The van der Waals surface area contributed by atoms with Crippen LogP contribution in [-0.4, -0.2) is 51.2 Å². The van der Waals surface area contributed by atoms with Gasteiger partial charge in [-0.3, -0.25) is 4.79 Å². The number of tetrazole rings is 1. The quantitative estimate of drug-likeness (QED) is 0.771. The predicted octanol–water partition coefficient (Wildman–Crippen LogP) is 2.81. The fourth-order valence-electron chi connectivity index (χ4n) is 2.55. The molecule has 0 radical (unpaired) electrons. The van der Waals surface area contributed by atoms with E-state index in [0.29, 0.717) is 30.4 Å². The Morgan fingerprint density at radius 3 is 2.50 bits per heavy atom. The number of hydrogen-bond donors (Lipinski definition) is 1. The van der Waals surface area contributed by atoms with Crippen LogP contribution in [0.25, 0.3) is 11.4 Å². The second-order valence-corrected chi connectivity index (χ2v) is 7.36. The predicted molar refractivity (Wildman–Crippen MR) is 105 cm³/mol. The molecule has 1 heterocycles. The van der Waals surface area contributed by atoms with Crippen LogP contribution in [0.1, 0.15) is 33.2 Å². The molecule has 144 valence electrons. The number of nitrogens with zero attached hydrogens (tertiary/aromatic N) is 5. The van der Waals surface area contributed by atoms with E-state index in [0.717, 1.165) is 5.56 Å². The number of carbonyl (C=O) groups excluding carboxylic acids is 1. The van der Waals surface area contributed by atoms with Crippen LogP contribution in [0.4, 0.5) is 0 Å². The zero-order valence-corrected chi connectivity index (χ0v) is 17.1. The summed E-state index contributed by atoms with van der Waals surface area (Å²) < 4.78 is 0. The van der Waals surface area contributed by atoms with E-state index < -0.39 is 6.04 Å². The van der Waals surface area contributed by atoms with E-state index in [1.807, 2.05) is 32.9 Å². The Balaban J connectivity index is 0.00000338. The topological polar surface area (TPSA) is 89.9 Å². The Morgan fingerprint density at radius 2 is 1.96 bits per heavy atom. The summed E-state index contributed by atoms with van der Waals surface area (Å²) in [4.78, 5) is 15.9. The van der Waals surface area contributed by atoms with Gasteiger partial charge in [-0.05, 0) is 47.9 Å². The van der Waals surface area contributed by atoms with E-state index in [1.54, 1.807) is 24.1 Å². The molecular weight excluding hydrogens is 375 g/mol. The third kappa shape index (κ3) is 5.40. The molecule has 0 aliphatic carbocycles. The van der Waals surface area contributed by atoms with Crippen molar-refractivity contribution >= 4 is 29.9 Å². The van der Waals surface area contributed by atoms with Gasteiger partial charge in [0.2, 0.25) is 11.7 Å². The summed E-state index contributed by atoms with van der Waals surface area (Å²) in [6.45, 7) is 7.06. The molecular formula is C17H26Cl2N6O. The molecule has 0 fully saturated rings. The number of amides is 1. The summed E-state index contributed by atoms with van der Waals surface area (Å²) in [6.07, 6.45) is 0.572. The van der Waals surface area contributed by atoms with E-state index >= 15 is 0 Å². The van der Waals surface area contributed by atoms with E-state index in [4.69, 9.17) is 17.3 Å². The minimum absolute atomic E-state index is 0. The minimum Gasteiger partial charge on any atom is -0.343 e. The highest BCUT2D eigenvalue weighted by Gasteiger charge is 2.28. The molecule has 0 aliphatic rings. The van der Waals surface area contributed by atoms with E-state index in [-0.39, 0.29) is 23.7 Å². The molecule has 0 saturated heterocycles. The lowest BCUT2D eigenvalue weighted by Crippen LogP contribution is -2.43. The van der Waals surface area contributed by atoms with Crippen molar-refractivity contribution in [3.8, 4) is 11.4 Å². The standard InChI is InChI=1S/C17H25ClN6O.ClH/c1-5-14(16(25)23(4)11-17(2,3)10-19)24-21-15(20-22-24)12-6-8-13(18)9-7-12;/h6-9,14H,5,10-11,19H2,1-4H3;1H. The molecule has 0 spiro atoms. The Kier molecular flexibility index (Phi) is 7.99. The Morgan fingerprint density at radius 1 is 1.35 bits per heavy atom. The molecule has 1 unspecified atom stereocenters. The molecule has 2 N–H and O–H groups in total. The summed E-state index contributed by atoms with van der Waals surface area (Å²) in [6, 6.07) is 6.68. The maximum atomic E-state index is 12.8. The first-order chi connectivity index (χ1) is 11.8. The van der Waals surface area contributed by atoms with Crippen molar-refractivity contribution in [2.75, 3.05) is 20.1 Å². The van der Waals surface area contributed by atoms with Gasteiger partial charge in [0.25, 0.3) is 0 Å². The number of likely N-dealkylation sites (N-methyl/N-ethyl adjacent to an activating group) is 1. The fourth-order valence-corrected chi connectivity index (χ4v) is 2.67. The maximum absolute atomic E-state index is 12.8. The van der Waals surface area contributed by atoms with Crippen LogP contribution in [0.3, 0.4) is 0 Å². The number of halogens is 2. The Labute approximate surface area is 165 Å². The molecule has 1 amide bonds. The average molecular weight is 401 g/mol. The zero-order valence-electron chi connectivity index (χ0n) is 15.5. The summed E-state index contributed by atoms with van der Waals surface area (Å²) in [5.41, 5.74) is 6.42. The monoisotopic (exact) mass is 400 g/mol. The number of carbonyl (C=O) groups is 1. The van der Waals surface area contributed by atoms with Crippen molar-refractivity contribution in [3.05, 3.63) is 29.3 Å². The zero-order chi connectivity index (χ0) is 18.6. The number of nitrogens with two attached hydrogens (primary N) is 1. The lowest BCUT2D eigenvalue weighted by atomic mass is 9.93. The van der Waals surface area contributed by atoms with E-state index in [2.05, 4.69) is 15.4 Å². The second kappa shape index (κ2) is 9.30. The lowest BCUT2D eigenvalue weighted by molar-refractivity contribution is -0.135. The van der Waals surface area contributed by atoms with Crippen LogP contribution in [0.5, 0.6) is 0 Å². The SMILES string of the molecule is CCC(C(=O)N(C)CC(C)(C)CN)n1nnc(-c2ccc(Cl)cc2)n1.Cl. The van der Waals surface area contributed by atoms with Crippen molar-refractivity contribution in [2.24, 2.45) is 11.1 Å². The van der Waals surface area contributed by atoms with Crippen LogP contribution in [0, 0.1) is 5.41 Å².